The Balaban J connectivity index is 2.75. The van der Waals surface area contributed by atoms with Gasteiger partial charge in [0.05, 0.1) is 6.04 Å². The van der Waals surface area contributed by atoms with Gasteiger partial charge in [0.15, 0.2) is 0 Å². The normalized spacial score (nSPS) is 13.0. The van der Waals surface area contributed by atoms with Gasteiger partial charge < -0.3 is 5.21 Å². The Bertz CT molecular complexity index is 186. The molecule has 0 aliphatic carbocycles. The van der Waals surface area contributed by atoms with Crippen LogP contribution < -0.4 is 5.48 Å². The van der Waals surface area contributed by atoms with E-state index in [1.807, 2.05) is 37.3 Å². The van der Waals surface area contributed by atoms with Crippen LogP contribution in [0.3, 0.4) is 0 Å². The molecule has 0 aliphatic heterocycles. The molecular formula is C8H11NO. The number of hydroxylamine groups is 1. The first kappa shape index (κ1) is 7.25. The van der Waals surface area contributed by atoms with Crippen LogP contribution in [0, 0.1) is 0 Å². The Labute approximate surface area is 60.5 Å². The van der Waals surface area contributed by atoms with Crippen molar-refractivity contribution in [1.82, 2.24) is 5.48 Å². The second-order valence-electron chi connectivity index (χ2n) is 2.26. The fourth-order valence-electron chi connectivity index (χ4n) is 0.816. The molecule has 0 fully saturated rings. The van der Waals surface area contributed by atoms with Gasteiger partial charge in [-0.15, -0.1) is 0 Å². The zero-order valence-electron chi connectivity index (χ0n) is 5.91. The van der Waals surface area contributed by atoms with E-state index < -0.39 is 0 Å². The van der Waals surface area contributed by atoms with Gasteiger partial charge in [0.2, 0.25) is 0 Å². The third kappa shape index (κ3) is 1.56. The molecule has 0 spiro atoms. The van der Waals surface area contributed by atoms with E-state index in [0.29, 0.717) is 0 Å². The fourth-order valence-corrected chi connectivity index (χ4v) is 0.816. The summed E-state index contributed by atoms with van der Waals surface area (Å²) >= 11 is 0. The van der Waals surface area contributed by atoms with Crippen molar-refractivity contribution in [2.75, 3.05) is 0 Å². The maximum Gasteiger partial charge on any atom is 0.0540 e. The van der Waals surface area contributed by atoms with E-state index in [1.54, 1.807) is 0 Å². The van der Waals surface area contributed by atoms with Crippen LogP contribution in [-0.4, -0.2) is 5.21 Å². The van der Waals surface area contributed by atoms with Crippen LogP contribution >= 0.6 is 0 Å². The fraction of sp³-hybridized carbons (Fsp3) is 0.250. The predicted molar refractivity (Wildman–Crippen MR) is 39.8 cm³/mol. The SMILES string of the molecule is CC(N[18OH])c1ccccc1. The molecule has 0 aromatic heterocycles. The Morgan fingerprint density at radius 1 is 1.30 bits per heavy atom. The lowest BCUT2D eigenvalue weighted by atomic mass is 10.1. The van der Waals surface area contributed by atoms with E-state index in [0.717, 1.165) is 5.56 Å². The van der Waals surface area contributed by atoms with Crippen LogP contribution in [0.15, 0.2) is 30.3 Å². The molecule has 0 radical (unpaired) electrons. The van der Waals surface area contributed by atoms with Gasteiger partial charge in [0.25, 0.3) is 0 Å². The van der Waals surface area contributed by atoms with Gasteiger partial charge in [0, 0.05) is 0 Å². The Morgan fingerprint density at radius 2 is 1.90 bits per heavy atom. The summed E-state index contributed by atoms with van der Waals surface area (Å²) in [6.45, 7) is 1.90. The van der Waals surface area contributed by atoms with Crippen LogP contribution in [0.1, 0.15) is 18.5 Å². The van der Waals surface area contributed by atoms with Gasteiger partial charge in [0.1, 0.15) is 0 Å². The van der Waals surface area contributed by atoms with E-state index >= 15 is 0 Å². The largest absolute Gasteiger partial charge is 0.316 e. The average Bonchev–Trinajstić information content (AvgIpc) is 2.05. The van der Waals surface area contributed by atoms with E-state index in [4.69, 9.17) is 5.21 Å². The van der Waals surface area contributed by atoms with Crippen molar-refractivity contribution in [3.8, 4) is 0 Å². The van der Waals surface area contributed by atoms with Crippen molar-refractivity contribution in [2.45, 2.75) is 13.0 Å². The van der Waals surface area contributed by atoms with Gasteiger partial charge in [-0.1, -0.05) is 30.3 Å². The lowest BCUT2D eigenvalue weighted by Gasteiger charge is -2.07. The average molecular weight is 139 g/mol. The molecule has 0 saturated carbocycles. The lowest BCUT2D eigenvalue weighted by molar-refractivity contribution is 0.133. The maximum absolute atomic E-state index is 8.54. The molecule has 0 heterocycles. The van der Waals surface area contributed by atoms with Crippen LogP contribution in [0.4, 0.5) is 0 Å². The van der Waals surface area contributed by atoms with E-state index in [2.05, 4.69) is 5.48 Å². The molecule has 10 heavy (non-hydrogen) atoms. The predicted octanol–water partition coefficient (Wildman–Crippen LogP) is 1.73. The Hall–Kier alpha value is -0.860. The number of benzene rings is 1. The first-order chi connectivity index (χ1) is 4.84. The molecule has 2 N–H and O–H groups in total. The van der Waals surface area contributed by atoms with Crippen LogP contribution in [0.5, 0.6) is 0 Å². The van der Waals surface area contributed by atoms with Crippen molar-refractivity contribution in [3.63, 3.8) is 0 Å². The molecule has 0 aliphatic rings. The highest BCUT2D eigenvalue weighted by Gasteiger charge is 1.99. The van der Waals surface area contributed by atoms with Gasteiger partial charge in [-0.3, -0.25) is 0 Å². The first-order valence-electron chi connectivity index (χ1n) is 3.29. The summed E-state index contributed by atoms with van der Waals surface area (Å²) in [5, 5.41) is 8.54. The van der Waals surface area contributed by atoms with Gasteiger partial charge in [-0.2, -0.15) is 5.48 Å². The van der Waals surface area contributed by atoms with Crippen LogP contribution in [-0.2, 0) is 0 Å². The second-order valence-corrected chi connectivity index (χ2v) is 2.26. The van der Waals surface area contributed by atoms with Crippen LogP contribution in [0.25, 0.3) is 0 Å². The quantitative estimate of drug-likeness (QED) is 0.483. The highest BCUT2D eigenvalue weighted by atomic mass is 18.2. The molecule has 1 aromatic rings. The zero-order chi connectivity index (χ0) is 7.40. The summed E-state index contributed by atoms with van der Waals surface area (Å²) in [4.78, 5) is 0. The van der Waals surface area contributed by atoms with E-state index in [9.17, 15) is 0 Å². The number of rotatable bonds is 2. The molecule has 2 heteroatoms. The van der Waals surface area contributed by atoms with Crippen LogP contribution in [0.2, 0.25) is 0 Å². The summed E-state index contributed by atoms with van der Waals surface area (Å²) in [5.41, 5.74) is 3.27. The molecule has 1 rings (SSSR count). The summed E-state index contributed by atoms with van der Waals surface area (Å²) in [6.07, 6.45) is 0. The number of nitrogens with one attached hydrogen (secondary N) is 1. The standard InChI is InChI=1S/C8H11NO/c1-7(9-10)8-5-3-2-4-6-8/h2-7,9-10H,1H3/i10+2. The summed E-state index contributed by atoms with van der Waals surface area (Å²) in [6, 6.07) is 9.79. The molecular weight excluding hydrogens is 128 g/mol. The lowest BCUT2D eigenvalue weighted by Crippen LogP contribution is -2.12. The maximum atomic E-state index is 8.54. The minimum Gasteiger partial charge on any atom is -0.316 e. The monoisotopic (exact) mass is 139 g/mol. The Morgan fingerprint density at radius 3 is 2.40 bits per heavy atom. The molecule has 0 saturated heterocycles. The van der Waals surface area contributed by atoms with E-state index in [-0.39, 0.29) is 6.04 Å². The molecule has 2 nitrogen and oxygen atoms in total. The minimum atomic E-state index is 0.0150. The molecule has 0 amide bonds. The summed E-state index contributed by atoms with van der Waals surface area (Å²) in [7, 11) is 0. The third-order valence-corrected chi connectivity index (χ3v) is 1.49. The molecule has 1 unspecified atom stereocenters. The molecule has 1 atom stereocenters. The van der Waals surface area contributed by atoms with Gasteiger partial charge >= 0.3 is 0 Å². The topological polar surface area (TPSA) is 32.3 Å². The first-order valence-corrected chi connectivity index (χ1v) is 3.29. The van der Waals surface area contributed by atoms with Crippen molar-refractivity contribution in [3.05, 3.63) is 35.9 Å². The summed E-state index contributed by atoms with van der Waals surface area (Å²) in [5.74, 6) is 0. The highest BCUT2D eigenvalue weighted by molar-refractivity contribution is 5.17. The minimum absolute atomic E-state index is 0.0150. The number of hydrogen-bond donors (Lipinski definition) is 2. The summed E-state index contributed by atoms with van der Waals surface area (Å²) < 4.78 is 0. The third-order valence-electron chi connectivity index (χ3n) is 1.49. The van der Waals surface area contributed by atoms with Gasteiger partial charge in [-0.05, 0) is 12.5 Å². The van der Waals surface area contributed by atoms with Crippen molar-refractivity contribution < 1.29 is 5.21 Å². The second kappa shape index (κ2) is 3.34. The Kier molecular flexibility index (Phi) is 2.42. The molecule has 0 bridgehead atoms. The smallest absolute Gasteiger partial charge is 0.0540 e. The van der Waals surface area contributed by atoms with Gasteiger partial charge in [-0.25, -0.2) is 0 Å². The molecule has 1 aromatic carbocycles. The number of hydrogen-bond acceptors (Lipinski definition) is 2. The molecule has 54 valence electrons. The van der Waals surface area contributed by atoms with Crippen molar-refractivity contribution >= 4 is 0 Å². The van der Waals surface area contributed by atoms with Crippen molar-refractivity contribution in [1.29, 1.82) is 0 Å². The van der Waals surface area contributed by atoms with Crippen molar-refractivity contribution in [2.24, 2.45) is 0 Å². The van der Waals surface area contributed by atoms with E-state index in [1.165, 1.54) is 0 Å². The zero-order valence-corrected chi connectivity index (χ0v) is 5.91. The highest BCUT2D eigenvalue weighted by Crippen LogP contribution is 2.09.